The number of hydrogen-bond donors (Lipinski definition) is 0. The third-order valence-electron chi connectivity index (χ3n) is 3.92. The average molecular weight is 182 g/mol. The van der Waals surface area contributed by atoms with E-state index >= 15 is 0 Å². The molecule has 0 bridgehead atoms. The van der Waals surface area contributed by atoms with Gasteiger partial charge < -0.3 is 4.90 Å². The smallest absolute Gasteiger partial charge is 0.00970 e. The molecule has 0 aromatic rings. The molecule has 2 nitrogen and oxygen atoms in total. The molecule has 0 aliphatic carbocycles. The molecule has 0 amide bonds. The van der Waals surface area contributed by atoms with Gasteiger partial charge in [0, 0.05) is 31.1 Å². The Bertz CT molecular complexity index is 185. The monoisotopic (exact) mass is 182 g/mol. The number of likely N-dealkylation sites (tertiary alicyclic amines) is 2. The molecule has 0 radical (unpaired) electrons. The largest absolute Gasteiger partial charge is 0.306 e. The minimum Gasteiger partial charge on any atom is -0.306 e. The first-order valence-corrected chi connectivity index (χ1v) is 5.58. The Labute approximate surface area is 81.9 Å². The molecule has 2 heteroatoms. The van der Waals surface area contributed by atoms with Crippen molar-refractivity contribution in [1.82, 2.24) is 9.80 Å². The van der Waals surface area contributed by atoms with Crippen LogP contribution in [0.2, 0.25) is 0 Å². The van der Waals surface area contributed by atoms with E-state index < -0.39 is 0 Å². The fourth-order valence-corrected chi connectivity index (χ4v) is 2.80. The zero-order valence-electron chi connectivity index (χ0n) is 9.21. The van der Waals surface area contributed by atoms with Crippen LogP contribution in [-0.4, -0.2) is 49.1 Å². The van der Waals surface area contributed by atoms with Crippen LogP contribution in [0, 0.1) is 5.41 Å². The molecule has 1 atom stereocenters. The molecule has 2 rings (SSSR count). The number of nitrogens with zero attached hydrogens (tertiary/aromatic N) is 2. The van der Waals surface area contributed by atoms with Gasteiger partial charge in [0.05, 0.1) is 0 Å². The van der Waals surface area contributed by atoms with Gasteiger partial charge in [0.1, 0.15) is 0 Å². The highest BCUT2D eigenvalue weighted by Gasteiger charge is 2.47. The molecular formula is C11H22N2. The molecular weight excluding hydrogens is 160 g/mol. The molecule has 2 fully saturated rings. The minimum absolute atomic E-state index is 0.693. The molecule has 76 valence electrons. The van der Waals surface area contributed by atoms with Crippen LogP contribution in [-0.2, 0) is 0 Å². The summed E-state index contributed by atoms with van der Waals surface area (Å²) in [4.78, 5) is 5.12. The van der Waals surface area contributed by atoms with Crippen LogP contribution in [0.25, 0.3) is 0 Å². The van der Waals surface area contributed by atoms with Crippen molar-refractivity contribution < 1.29 is 0 Å². The second-order valence-electron chi connectivity index (χ2n) is 5.15. The third kappa shape index (κ3) is 1.62. The van der Waals surface area contributed by atoms with Gasteiger partial charge in [0.15, 0.2) is 0 Å². The highest BCUT2D eigenvalue weighted by molar-refractivity contribution is 5.01. The molecule has 2 aliphatic rings. The average Bonchev–Trinajstić information content (AvgIpc) is 2.43. The lowest BCUT2D eigenvalue weighted by atomic mass is 9.78. The maximum Gasteiger partial charge on any atom is 0.00970 e. The lowest BCUT2D eigenvalue weighted by Gasteiger charge is -2.51. The summed E-state index contributed by atoms with van der Waals surface area (Å²) in [7, 11) is 2.25. The molecule has 2 saturated heterocycles. The summed E-state index contributed by atoms with van der Waals surface area (Å²) in [6.45, 7) is 9.99. The normalized spacial score (nSPS) is 30.7. The van der Waals surface area contributed by atoms with E-state index in [-0.39, 0.29) is 0 Å². The zero-order valence-corrected chi connectivity index (χ0v) is 9.21. The van der Waals surface area contributed by atoms with Gasteiger partial charge in [-0.25, -0.2) is 0 Å². The van der Waals surface area contributed by atoms with E-state index in [4.69, 9.17) is 0 Å². The number of hydrogen-bond acceptors (Lipinski definition) is 2. The van der Waals surface area contributed by atoms with Gasteiger partial charge in [0.25, 0.3) is 0 Å². The standard InChI is InChI=1S/C11H22N2/c1-4-10(2)13-8-11(9-13)5-6-12(3)7-11/h10H,4-9H2,1-3H3. The summed E-state index contributed by atoms with van der Waals surface area (Å²) in [6, 6.07) is 0.802. The van der Waals surface area contributed by atoms with Gasteiger partial charge in [0.2, 0.25) is 0 Å². The van der Waals surface area contributed by atoms with Gasteiger partial charge in [-0.3, -0.25) is 4.90 Å². The highest BCUT2D eigenvalue weighted by Crippen LogP contribution is 2.40. The van der Waals surface area contributed by atoms with Crippen molar-refractivity contribution in [3.63, 3.8) is 0 Å². The Morgan fingerprint density at radius 2 is 2.00 bits per heavy atom. The molecule has 0 N–H and O–H groups in total. The Hall–Kier alpha value is -0.0800. The Morgan fingerprint density at radius 3 is 2.46 bits per heavy atom. The SMILES string of the molecule is CCC(C)N1CC2(CCN(C)C2)C1. The van der Waals surface area contributed by atoms with Crippen molar-refractivity contribution in [2.24, 2.45) is 5.41 Å². The van der Waals surface area contributed by atoms with Gasteiger partial charge in [-0.15, -0.1) is 0 Å². The van der Waals surface area contributed by atoms with Gasteiger partial charge in [-0.05, 0) is 33.4 Å². The Kier molecular flexibility index (Phi) is 2.37. The predicted octanol–water partition coefficient (Wildman–Crippen LogP) is 1.42. The number of rotatable bonds is 2. The molecule has 1 spiro atoms. The summed E-state index contributed by atoms with van der Waals surface area (Å²) < 4.78 is 0. The maximum absolute atomic E-state index is 2.64. The molecule has 0 saturated carbocycles. The lowest BCUT2D eigenvalue weighted by Crippen LogP contribution is -2.59. The fraction of sp³-hybridized carbons (Fsp3) is 1.00. The van der Waals surface area contributed by atoms with E-state index in [0.717, 1.165) is 6.04 Å². The topological polar surface area (TPSA) is 6.48 Å². The first kappa shape index (κ1) is 9.47. The fourth-order valence-electron chi connectivity index (χ4n) is 2.80. The van der Waals surface area contributed by atoms with Crippen LogP contribution in [0.1, 0.15) is 26.7 Å². The first-order valence-electron chi connectivity index (χ1n) is 5.58. The van der Waals surface area contributed by atoms with E-state index in [0.29, 0.717) is 5.41 Å². The molecule has 13 heavy (non-hydrogen) atoms. The molecule has 0 aromatic carbocycles. The van der Waals surface area contributed by atoms with Crippen molar-refractivity contribution in [2.45, 2.75) is 32.7 Å². The van der Waals surface area contributed by atoms with Crippen molar-refractivity contribution in [3.8, 4) is 0 Å². The highest BCUT2D eigenvalue weighted by atomic mass is 15.3. The van der Waals surface area contributed by atoms with E-state index in [1.807, 2.05) is 0 Å². The lowest BCUT2D eigenvalue weighted by molar-refractivity contribution is -0.0187. The Morgan fingerprint density at radius 1 is 1.31 bits per heavy atom. The van der Waals surface area contributed by atoms with Crippen molar-refractivity contribution in [3.05, 3.63) is 0 Å². The van der Waals surface area contributed by atoms with Crippen molar-refractivity contribution >= 4 is 0 Å². The molecule has 1 unspecified atom stereocenters. The van der Waals surface area contributed by atoms with E-state index in [1.165, 1.54) is 39.0 Å². The second-order valence-corrected chi connectivity index (χ2v) is 5.15. The molecule has 2 heterocycles. The summed E-state index contributed by atoms with van der Waals surface area (Å²) in [5.74, 6) is 0. The van der Waals surface area contributed by atoms with E-state index in [9.17, 15) is 0 Å². The summed E-state index contributed by atoms with van der Waals surface area (Å²) in [5, 5.41) is 0. The Balaban J connectivity index is 1.83. The van der Waals surface area contributed by atoms with Crippen LogP contribution >= 0.6 is 0 Å². The predicted molar refractivity (Wildman–Crippen MR) is 55.9 cm³/mol. The van der Waals surface area contributed by atoms with Crippen LogP contribution in [0.5, 0.6) is 0 Å². The zero-order chi connectivity index (χ0) is 9.47. The molecule has 0 aromatic heterocycles. The third-order valence-corrected chi connectivity index (χ3v) is 3.92. The first-order chi connectivity index (χ1) is 6.15. The van der Waals surface area contributed by atoms with Crippen LogP contribution in [0.15, 0.2) is 0 Å². The van der Waals surface area contributed by atoms with Crippen LogP contribution in [0.4, 0.5) is 0 Å². The van der Waals surface area contributed by atoms with Gasteiger partial charge in [-0.1, -0.05) is 6.92 Å². The summed E-state index contributed by atoms with van der Waals surface area (Å²) >= 11 is 0. The molecule has 2 aliphatic heterocycles. The van der Waals surface area contributed by atoms with Crippen molar-refractivity contribution in [1.29, 1.82) is 0 Å². The summed E-state index contributed by atoms with van der Waals surface area (Å²) in [6.07, 6.45) is 2.72. The van der Waals surface area contributed by atoms with Crippen LogP contribution in [0.3, 0.4) is 0 Å². The maximum atomic E-state index is 2.64. The van der Waals surface area contributed by atoms with E-state index in [2.05, 4.69) is 30.7 Å². The van der Waals surface area contributed by atoms with E-state index in [1.54, 1.807) is 0 Å². The quantitative estimate of drug-likeness (QED) is 0.637. The van der Waals surface area contributed by atoms with Crippen LogP contribution < -0.4 is 0 Å². The second kappa shape index (κ2) is 3.25. The van der Waals surface area contributed by atoms with Gasteiger partial charge in [-0.2, -0.15) is 0 Å². The van der Waals surface area contributed by atoms with Crippen molar-refractivity contribution in [2.75, 3.05) is 33.2 Å². The van der Waals surface area contributed by atoms with Gasteiger partial charge >= 0.3 is 0 Å². The minimum atomic E-state index is 0.693. The summed E-state index contributed by atoms with van der Waals surface area (Å²) in [5.41, 5.74) is 0.693.